The quantitative estimate of drug-likeness (QED) is 0.746. The average molecular weight is 249 g/mol. The standard InChI is InChI=1S/C13H19N3O2/c14-13(18)10-4-5-12(16-8-10)15-7-9-2-1-3-11(17)6-9/h4-5,8-9,11,17H,1-3,6-7H2,(H2,14,18)(H,15,16). The summed E-state index contributed by atoms with van der Waals surface area (Å²) in [5.41, 5.74) is 5.55. The number of carbonyl (C=O) groups excluding carboxylic acids is 1. The molecule has 98 valence electrons. The van der Waals surface area contributed by atoms with Crippen molar-refractivity contribution in [1.82, 2.24) is 4.98 Å². The number of hydrogen-bond acceptors (Lipinski definition) is 4. The second-order valence-electron chi connectivity index (χ2n) is 4.86. The molecule has 1 aromatic heterocycles. The van der Waals surface area contributed by atoms with Gasteiger partial charge in [0.25, 0.3) is 0 Å². The summed E-state index contributed by atoms with van der Waals surface area (Å²) in [6, 6.07) is 3.41. The van der Waals surface area contributed by atoms with Gasteiger partial charge < -0.3 is 16.2 Å². The van der Waals surface area contributed by atoms with Crippen molar-refractivity contribution in [1.29, 1.82) is 0 Å². The monoisotopic (exact) mass is 249 g/mol. The molecule has 1 saturated carbocycles. The maximum atomic E-state index is 10.9. The largest absolute Gasteiger partial charge is 0.393 e. The number of amides is 1. The summed E-state index contributed by atoms with van der Waals surface area (Å²) in [5.74, 6) is 0.760. The first-order chi connectivity index (χ1) is 8.65. The fraction of sp³-hybridized carbons (Fsp3) is 0.538. The molecule has 0 aliphatic heterocycles. The molecule has 1 aliphatic rings. The normalized spacial score (nSPS) is 23.6. The van der Waals surface area contributed by atoms with Crippen LogP contribution in [0.2, 0.25) is 0 Å². The molecule has 2 unspecified atom stereocenters. The molecule has 0 radical (unpaired) electrons. The Hall–Kier alpha value is -1.62. The van der Waals surface area contributed by atoms with Gasteiger partial charge in [-0.15, -0.1) is 0 Å². The van der Waals surface area contributed by atoms with Gasteiger partial charge in [-0.05, 0) is 37.3 Å². The van der Waals surface area contributed by atoms with Crippen LogP contribution < -0.4 is 11.1 Å². The molecule has 1 amide bonds. The van der Waals surface area contributed by atoms with Crippen LogP contribution >= 0.6 is 0 Å². The lowest BCUT2D eigenvalue weighted by Crippen LogP contribution is -2.25. The Balaban J connectivity index is 1.84. The molecule has 1 aliphatic carbocycles. The summed E-state index contributed by atoms with van der Waals surface area (Å²) >= 11 is 0. The number of pyridine rings is 1. The van der Waals surface area contributed by atoms with Crippen LogP contribution in [0, 0.1) is 5.92 Å². The van der Waals surface area contributed by atoms with Crippen molar-refractivity contribution in [3.63, 3.8) is 0 Å². The van der Waals surface area contributed by atoms with Gasteiger partial charge in [-0.2, -0.15) is 0 Å². The highest BCUT2D eigenvalue weighted by atomic mass is 16.3. The van der Waals surface area contributed by atoms with E-state index >= 15 is 0 Å². The lowest BCUT2D eigenvalue weighted by Gasteiger charge is -2.26. The highest BCUT2D eigenvalue weighted by Crippen LogP contribution is 2.24. The van der Waals surface area contributed by atoms with Crippen LogP contribution in [0.15, 0.2) is 18.3 Å². The summed E-state index contributed by atoms with van der Waals surface area (Å²) in [5, 5.41) is 12.8. The Labute approximate surface area is 106 Å². The molecule has 0 saturated heterocycles. The number of aromatic nitrogens is 1. The van der Waals surface area contributed by atoms with Gasteiger partial charge in [-0.1, -0.05) is 6.42 Å². The predicted octanol–water partition coefficient (Wildman–Crippen LogP) is 1.14. The Bertz CT molecular complexity index is 405. The van der Waals surface area contributed by atoms with E-state index in [4.69, 9.17) is 5.73 Å². The van der Waals surface area contributed by atoms with Crippen molar-refractivity contribution in [2.75, 3.05) is 11.9 Å². The van der Waals surface area contributed by atoms with E-state index in [1.165, 1.54) is 6.20 Å². The number of anilines is 1. The summed E-state index contributed by atoms with van der Waals surface area (Å²) in [4.78, 5) is 15.0. The van der Waals surface area contributed by atoms with E-state index in [1.54, 1.807) is 12.1 Å². The number of rotatable bonds is 4. The Morgan fingerprint density at radius 3 is 2.94 bits per heavy atom. The maximum absolute atomic E-state index is 10.9. The first kappa shape index (κ1) is 12.8. The van der Waals surface area contributed by atoms with Crippen molar-refractivity contribution in [3.8, 4) is 0 Å². The van der Waals surface area contributed by atoms with E-state index in [2.05, 4.69) is 10.3 Å². The fourth-order valence-corrected chi connectivity index (χ4v) is 2.34. The highest BCUT2D eigenvalue weighted by Gasteiger charge is 2.19. The Morgan fingerprint density at radius 2 is 2.33 bits per heavy atom. The molecule has 0 spiro atoms. The van der Waals surface area contributed by atoms with Crippen molar-refractivity contribution in [3.05, 3.63) is 23.9 Å². The van der Waals surface area contributed by atoms with Crippen molar-refractivity contribution >= 4 is 11.7 Å². The molecule has 0 aromatic carbocycles. The molecule has 2 atom stereocenters. The second kappa shape index (κ2) is 5.82. The predicted molar refractivity (Wildman–Crippen MR) is 69.2 cm³/mol. The zero-order chi connectivity index (χ0) is 13.0. The number of aliphatic hydroxyl groups is 1. The van der Waals surface area contributed by atoms with Gasteiger partial charge in [0.1, 0.15) is 5.82 Å². The first-order valence-electron chi connectivity index (χ1n) is 6.33. The molecule has 0 bridgehead atoms. The summed E-state index contributed by atoms with van der Waals surface area (Å²) in [7, 11) is 0. The third-order valence-electron chi connectivity index (χ3n) is 3.37. The van der Waals surface area contributed by atoms with Crippen LogP contribution in [0.1, 0.15) is 36.0 Å². The molecule has 1 fully saturated rings. The van der Waals surface area contributed by atoms with Gasteiger partial charge in [-0.25, -0.2) is 4.98 Å². The number of carbonyl (C=O) groups is 1. The van der Waals surface area contributed by atoms with Gasteiger partial charge in [-0.3, -0.25) is 4.79 Å². The first-order valence-corrected chi connectivity index (χ1v) is 6.33. The number of nitrogens with zero attached hydrogens (tertiary/aromatic N) is 1. The molecule has 5 nitrogen and oxygen atoms in total. The lowest BCUT2D eigenvalue weighted by molar-refractivity contribution is 0.0999. The third kappa shape index (κ3) is 3.43. The van der Waals surface area contributed by atoms with E-state index in [0.717, 1.165) is 38.0 Å². The van der Waals surface area contributed by atoms with E-state index in [1.807, 2.05) is 0 Å². The van der Waals surface area contributed by atoms with Crippen LogP contribution in [-0.2, 0) is 0 Å². The fourth-order valence-electron chi connectivity index (χ4n) is 2.34. The van der Waals surface area contributed by atoms with Crippen LogP contribution in [0.5, 0.6) is 0 Å². The molecule has 18 heavy (non-hydrogen) atoms. The number of primary amides is 1. The third-order valence-corrected chi connectivity index (χ3v) is 3.37. The molecule has 2 rings (SSSR count). The zero-order valence-electron chi connectivity index (χ0n) is 10.3. The topological polar surface area (TPSA) is 88.2 Å². The molecular formula is C13H19N3O2. The zero-order valence-corrected chi connectivity index (χ0v) is 10.3. The Morgan fingerprint density at radius 1 is 1.50 bits per heavy atom. The maximum Gasteiger partial charge on any atom is 0.250 e. The molecular weight excluding hydrogens is 230 g/mol. The summed E-state index contributed by atoms with van der Waals surface area (Å²) < 4.78 is 0. The van der Waals surface area contributed by atoms with Crippen LogP contribution in [0.25, 0.3) is 0 Å². The molecule has 4 N–H and O–H groups in total. The molecule has 5 heteroatoms. The minimum atomic E-state index is -0.468. The lowest BCUT2D eigenvalue weighted by atomic mass is 9.87. The second-order valence-corrected chi connectivity index (χ2v) is 4.86. The van der Waals surface area contributed by atoms with E-state index in [0.29, 0.717) is 11.5 Å². The SMILES string of the molecule is NC(=O)c1ccc(NCC2CCCC(O)C2)nc1. The van der Waals surface area contributed by atoms with E-state index < -0.39 is 5.91 Å². The number of nitrogens with two attached hydrogens (primary N) is 1. The van der Waals surface area contributed by atoms with Gasteiger partial charge >= 0.3 is 0 Å². The number of aliphatic hydroxyl groups excluding tert-OH is 1. The number of hydrogen-bond donors (Lipinski definition) is 3. The Kier molecular flexibility index (Phi) is 4.15. The van der Waals surface area contributed by atoms with E-state index in [9.17, 15) is 9.90 Å². The average Bonchev–Trinajstić information content (AvgIpc) is 2.37. The van der Waals surface area contributed by atoms with Crippen molar-refractivity contribution in [2.45, 2.75) is 31.8 Å². The van der Waals surface area contributed by atoms with Crippen molar-refractivity contribution < 1.29 is 9.90 Å². The van der Waals surface area contributed by atoms with Gasteiger partial charge in [0, 0.05) is 12.7 Å². The minimum Gasteiger partial charge on any atom is -0.393 e. The van der Waals surface area contributed by atoms with Crippen LogP contribution in [0.4, 0.5) is 5.82 Å². The minimum absolute atomic E-state index is 0.157. The number of nitrogens with one attached hydrogen (secondary N) is 1. The molecule has 1 heterocycles. The summed E-state index contributed by atoms with van der Waals surface area (Å²) in [6.07, 6.45) is 5.32. The van der Waals surface area contributed by atoms with Crippen LogP contribution in [-0.4, -0.2) is 28.6 Å². The van der Waals surface area contributed by atoms with Gasteiger partial charge in [0.05, 0.1) is 11.7 Å². The molecule has 1 aromatic rings. The summed E-state index contributed by atoms with van der Waals surface area (Å²) in [6.45, 7) is 0.806. The van der Waals surface area contributed by atoms with Crippen molar-refractivity contribution in [2.24, 2.45) is 11.7 Å². The van der Waals surface area contributed by atoms with Gasteiger partial charge in [0.15, 0.2) is 0 Å². The van der Waals surface area contributed by atoms with Gasteiger partial charge in [0.2, 0.25) is 5.91 Å². The van der Waals surface area contributed by atoms with Crippen LogP contribution in [0.3, 0.4) is 0 Å². The van der Waals surface area contributed by atoms with E-state index in [-0.39, 0.29) is 6.10 Å². The highest BCUT2D eigenvalue weighted by molar-refractivity contribution is 5.92. The smallest absolute Gasteiger partial charge is 0.250 e.